The van der Waals surface area contributed by atoms with Crippen LogP contribution in [0.2, 0.25) is 0 Å². The zero-order valence-corrected chi connectivity index (χ0v) is 14.2. The monoisotopic (exact) mass is 322 g/mol. The minimum Gasteiger partial charge on any atom is -0.480 e. The summed E-state index contributed by atoms with van der Waals surface area (Å²) < 4.78 is 5.02. The van der Waals surface area contributed by atoms with Crippen molar-refractivity contribution >= 4 is 17.6 Å². The minimum absolute atomic E-state index is 0.247. The first kappa shape index (κ1) is 20.7. The molecule has 1 atom stereocenters. The summed E-state index contributed by atoms with van der Waals surface area (Å²) in [5.74, 6) is -1.24. The summed E-state index contributed by atoms with van der Waals surface area (Å²) in [6.45, 7) is 11.4. The van der Waals surface area contributed by atoms with Crippen LogP contribution in [0.1, 0.15) is 23.6 Å². The summed E-state index contributed by atoms with van der Waals surface area (Å²) in [7, 11) is 0. The van der Waals surface area contributed by atoms with E-state index in [2.05, 4.69) is 30.6 Å². The van der Waals surface area contributed by atoms with Gasteiger partial charge in [0.15, 0.2) is 0 Å². The SMILES string of the molecule is C=CCOC(=O)[C@H](C)Nc1c(C)ccc(C)c1C.NCC(=O)O. The highest BCUT2D eigenvalue weighted by molar-refractivity contribution is 5.80. The molecule has 0 saturated carbocycles. The van der Waals surface area contributed by atoms with Crippen molar-refractivity contribution in [3.63, 3.8) is 0 Å². The van der Waals surface area contributed by atoms with E-state index in [1.54, 1.807) is 13.0 Å². The highest BCUT2D eigenvalue weighted by atomic mass is 16.5. The summed E-state index contributed by atoms with van der Waals surface area (Å²) in [5, 5.41) is 10.8. The number of carbonyl (C=O) groups excluding carboxylic acids is 1. The smallest absolute Gasteiger partial charge is 0.328 e. The van der Waals surface area contributed by atoms with E-state index in [1.165, 1.54) is 11.1 Å². The molecule has 0 aliphatic carbocycles. The quantitative estimate of drug-likeness (QED) is 0.548. The highest BCUT2D eigenvalue weighted by Gasteiger charge is 2.16. The fourth-order valence-electron chi connectivity index (χ4n) is 1.71. The highest BCUT2D eigenvalue weighted by Crippen LogP contribution is 2.23. The Bertz CT molecular complexity index is 556. The summed E-state index contributed by atoms with van der Waals surface area (Å²) in [4.78, 5) is 20.9. The molecule has 6 nitrogen and oxygen atoms in total. The van der Waals surface area contributed by atoms with E-state index < -0.39 is 5.97 Å². The number of carbonyl (C=O) groups is 2. The molecule has 1 aromatic carbocycles. The number of esters is 1. The van der Waals surface area contributed by atoms with Crippen LogP contribution in [0.3, 0.4) is 0 Å². The van der Waals surface area contributed by atoms with Crippen LogP contribution in [0.4, 0.5) is 5.69 Å². The fraction of sp³-hybridized carbons (Fsp3) is 0.412. The van der Waals surface area contributed by atoms with E-state index in [4.69, 9.17) is 9.84 Å². The number of nitrogens with one attached hydrogen (secondary N) is 1. The number of hydrogen-bond acceptors (Lipinski definition) is 5. The Morgan fingerprint density at radius 3 is 2.35 bits per heavy atom. The second kappa shape index (κ2) is 10.4. The third-order valence-corrected chi connectivity index (χ3v) is 3.18. The molecule has 0 radical (unpaired) electrons. The van der Waals surface area contributed by atoms with Crippen molar-refractivity contribution in [3.8, 4) is 0 Å². The number of anilines is 1. The lowest BCUT2D eigenvalue weighted by Gasteiger charge is -2.19. The summed E-state index contributed by atoms with van der Waals surface area (Å²) in [6.07, 6.45) is 1.56. The lowest BCUT2D eigenvalue weighted by molar-refractivity contribution is -0.143. The zero-order valence-electron chi connectivity index (χ0n) is 14.2. The summed E-state index contributed by atoms with van der Waals surface area (Å²) in [5.41, 5.74) is 9.08. The molecule has 0 amide bonds. The fourth-order valence-corrected chi connectivity index (χ4v) is 1.71. The Hall–Kier alpha value is -2.34. The van der Waals surface area contributed by atoms with Gasteiger partial charge in [-0.3, -0.25) is 4.79 Å². The van der Waals surface area contributed by atoms with Crippen molar-refractivity contribution in [2.24, 2.45) is 5.73 Å². The van der Waals surface area contributed by atoms with Gasteiger partial charge in [-0.15, -0.1) is 0 Å². The van der Waals surface area contributed by atoms with Crippen LogP contribution < -0.4 is 11.1 Å². The first-order valence-electron chi connectivity index (χ1n) is 7.27. The van der Waals surface area contributed by atoms with Gasteiger partial charge in [-0.25, -0.2) is 4.79 Å². The number of carboxylic acid groups (broad SMARTS) is 1. The lowest BCUT2D eigenvalue weighted by Crippen LogP contribution is -2.29. The third-order valence-electron chi connectivity index (χ3n) is 3.18. The van der Waals surface area contributed by atoms with Crippen LogP contribution in [0, 0.1) is 20.8 Å². The Kier molecular flexibility index (Phi) is 9.34. The Morgan fingerprint density at radius 2 is 1.87 bits per heavy atom. The average molecular weight is 322 g/mol. The number of aliphatic carboxylic acids is 1. The molecule has 1 rings (SSSR count). The molecule has 4 N–H and O–H groups in total. The van der Waals surface area contributed by atoms with Gasteiger partial charge in [0, 0.05) is 5.69 Å². The largest absolute Gasteiger partial charge is 0.480 e. The van der Waals surface area contributed by atoms with E-state index in [9.17, 15) is 9.59 Å². The normalized spacial score (nSPS) is 10.8. The maximum absolute atomic E-state index is 11.7. The van der Waals surface area contributed by atoms with E-state index >= 15 is 0 Å². The molecule has 6 heteroatoms. The second-order valence-corrected chi connectivity index (χ2v) is 5.08. The maximum atomic E-state index is 11.7. The molecular formula is C17H26N2O4. The molecule has 0 unspecified atom stereocenters. The van der Waals surface area contributed by atoms with Gasteiger partial charge >= 0.3 is 11.9 Å². The predicted octanol–water partition coefficient (Wildman–Crippen LogP) is 2.17. The maximum Gasteiger partial charge on any atom is 0.328 e. The molecule has 0 aliphatic heterocycles. The van der Waals surface area contributed by atoms with E-state index in [0.717, 1.165) is 11.3 Å². The molecular weight excluding hydrogens is 296 g/mol. The molecule has 0 heterocycles. The van der Waals surface area contributed by atoms with Crippen LogP contribution >= 0.6 is 0 Å². The first-order chi connectivity index (χ1) is 10.7. The van der Waals surface area contributed by atoms with E-state index in [1.807, 2.05) is 19.9 Å². The van der Waals surface area contributed by atoms with Crippen LogP contribution in [-0.4, -0.2) is 36.2 Å². The van der Waals surface area contributed by atoms with Crippen LogP contribution in [-0.2, 0) is 14.3 Å². The minimum atomic E-state index is -0.968. The summed E-state index contributed by atoms with van der Waals surface area (Å²) in [6, 6.07) is 3.76. The van der Waals surface area contributed by atoms with Crippen molar-refractivity contribution in [2.75, 3.05) is 18.5 Å². The number of rotatable bonds is 6. The van der Waals surface area contributed by atoms with Gasteiger partial charge in [-0.1, -0.05) is 24.8 Å². The molecule has 0 spiro atoms. The van der Waals surface area contributed by atoms with Gasteiger partial charge in [0.2, 0.25) is 0 Å². The predicted molar refractivity (Wildman–Crippen MR) is 91.6 cm³/mol. The number of nitrogens with two attached hydrogens (primary N) is 1. The van der Waals surface area contributed by atoms with E-state index in [-0.39, 0.29) is 25.2 Å². The Balaban J connectivity index is 0.000000841. The first-order valence-corrected chi connectivity index (χ1v) is 7.27. The van der Waals surface area contributed by atoms with Crippen molar-refractivity contribution in [1.29, 1.82) is 0 Å². The topological polar surface area (TPSA) is 102 Å². The van der Waals surface area contributed by atoms with Crippen molar-refractivity contribution in [3.05, 3.63) is 41.5 Å². The molecule has 0 aliphatic rings. The lowest BCUT2D eigenvalue weighted by atomic mass is 10.0. The molecule has 1 aromatic rings. The van der Waals surface area contributed by atoms with Gasteiger partial charge in [0.25, 0.3) is 0 Å². The van der Waals surface area contributed by atoms with E-state index in [0.29, 0.717) is 0 Å². The molecule has 0 bridgehead atoms. The van der Waals surface area contributed by atoms with Crippen molar-refractivity contribution in [1.82, 2.24) is 0 Å². The average Bonchev–Trinajstić information content (AvgIpc) is 2.53. The van der Waals surface area contributed by atoms with Crippen molar-refractivity contribution < 1.29 is 19.4 Å². The summed E-state index contributed by atoms with van der Waals surface area (Å²) >= 11 is 0. The zero-order chi connectivity index (χ0) is 18.0. The third kappa shape index (κ3) is 7.46. The molecule has 128 valence electrons. The van der Waals surface area contributed by atoms with Gasteiger partial charge in [0.05, 0.1) is 6.54 Å². The number of hydrogen-bond donors (Lipinski definition) is 3. The van der Waals surface area contributed by atoms with Crippen LogP contribution in [0.5, 0.6) is 0 Å². The van der Waals surface area contributed by atoms with Crippen molar-refractivity contribution in [2.45, 2.75) is 33.7 Å². The molecule has 0 fully saturated rings. The van der Waals surface area contributed by atoms with Gasteiger partial charge < -0.3 is 20.9 Å². The molecule has 0 aromatic heterocycles. The number of benzene rings is 1. The number of ether oxygens (including phenoxy) is 1. The Labute approximate surface area is 137 Å². The molecule has 0 saturated heterocycles. The van der Waals surface area contributed by atoms with Gasteiger partial charge in [0.1, 0.15) is 12.6 Å². The number of aryl methyl sites for hydroxylation is 2. The van der Waals surface area contributed by atoms with Gasteiger partial charge in [-0.05, 0) is 44.4 Å². The van der Waals surface area contributed by atoms with Gasteiger partial charge in [-0.2, -0.15) is 0 Å². The second-order valence-electron chi connectivity index (χ2n) is 5.08. The molecule has 23 heavy (non-hydrogen) atoms. The number of carboxylic acids is 1. The van der Waals surface area contributed by atoms with Crippen LogP contribution in [0.15, 0.2) is 24.8 Å². The standard InChI is InChI=1S/C15H21NO2.C2H5NO2/c1-6-9-18-15(17)13(5)16-14-11(3)8-7-10(2)12(14)4;3-1-2(4)5/h6-8,13,16H,1,9H2,2-5H3;1,3H2,(H,4,5)/t13-;/m0./s1. The Morgan fingerprint density at radius 1 is 1.35 bits per heavy atom. The van der Waals surface area contributed by atoms with Crippen LogP contribution in [0.25, 0.3) is 0 Å².